The summed E-state index contributed by atoms with van der Waals surface area (Å²) in [6.07, 6.45) is 9.62. The maximum Gasteiger partial charge on any atom is 0.0215 e. The predicted octanol–water partition coefficient (Wildman–Crippen LogP) is 3.54. The van der Waals surface area contributed by atoms with Crippen molar-refractivity contribution in [3.8, 4) is 0 Å². The van der Waals surface area contributed by atoms with E-state index < -0.39 is 0 Å². The largest absolute Gasteiger partial charge is 0.0883 e. The molecule has 0 heterocycles. The van der Waals surface area contributed by atoms with Gasteiger partial charge >= 0.3 is 0 Å². The van der Waals surface area contributed by atoms with Crippen molar-refractivity contribution in [1.82, 2.24) is 0 Å². The molecule has 0 amide bonds. The van der Waals surface area contributed by atoms with Gasteiger partial charge in [-0.2, -0.15) is 0 Å². The molecule has 0 atom stereocenters. The first-order valence-corrected chi connectivity index (χ1v) is 4.77. The van der Waals surface area contributed by atoms with E-state index in [1.54, 1.807) is 0 Å². The van der Waals surface area contributed by atoms with Gasteiger partial charge in [0.25, 0.3) is 0 Å². The van der Waals surface area contributed by atoms with Crippen LogP contribution in [0.1, 0.15) is 20.3 Å². The minimum absolute atomic E-state index is 0.772. The first kappa shape index (κ1) is 9.96. The molecule has 0 unspecified atom stereocenters. The van der Waals surface area contributed by atoms with Gasteiger partial charge in [0.15, 0.2) is 0 Å². The van der Waals surface area contributed by atoms with E-state index in [1.807, 2.05) is 0 Å². The van der Waals surface area contributed by atoms with Crippen LogP contribution in [0.3, 0.4) is 0 Å². The smallest absolute Gasteiger partial charge is 0.0215 e. The van der Waals surface area contributed by atoms with Crippen molar-refractivity contribution in [3.63, 3.8) is 0 Å². The lowest BCUT2D eigenvalue weighted by Gasteiger charge is -1.94. The lowest BCUT2D eigenvalue weighted by molar-refractivity contribution is 0.664. The Hall–Kier alpha value is -0.0400. The van der Waals surface area contributed by atoms with E-state index in [1.165, 1.54) is 6.42 Å². The second-order valence-corrected chi connectivity index (χ2v) is 3.29. The third kappa shape index (κ3) is 7.96. The topological polar surface area (TPSA) is 0 Å². The molecule has 58 valence electrons. The van der Waals surface area contributed by atoms with Crippen LogP contribution in [0.15, 0.2) is 24.3 Å². The number of allylic oxidation sites excluding steroid dienone is 4. The number of hydrogen-bond donors (Lipinski definition) is 0. The van der Waals surface area contributed by atoms with Crippen LogP contribution >= 0.6 is 15.9 Å². The van der Waals surface area contributed by atoms with Gasteiger partial charge in [-0.05, 0) is 12.3 Å². The highest BCUT2D eigenvalue weighted by Gasteiger charge is 1.84. The Kier molecular flexibility index (Phi) is 7.04. The highest BCUT2D eigenvalue weighted by atomic mass is 79.9. The van der Waals surface area contributed by atoms with Crippen LogP contribution in [0.5, 0.6) is 0 Å². The Balaban J connectivity index is 3.28. The van der Waals surface area contributed by atoms with Crippen molar-refractivity contribution < 1.29 is 0 Å². The van der Waals surface area contributed by atoms with Crippen molar-refractivity contribution in [2.75, 3.05) is 5.33 Å². The van der Waals surface area contributed by atoms with Gasteiger partial charge in [-0.1, -0.05) is 54.1 Å². The molecular formula is C9H15Br. The molecule has 0 nitrogen and oxygen atoms in total. The van der Waals surface area contributed by atoms with Crippen molar-refractivity contribution in [2.45, 2.75) is 20.3 Å². The Bertz CT molecular complexity index is 112. The number of rotatable bonds is 4. The molecule has 1 heteroatoms. The van der Waals surface area contributed by atoms with Crippen LogP contribution < -0.4 is 0 Å². The lowest BCUT2D eigenvalue weighted by atomic mass is 10.1. The first-order valence-electron chi connectivity index (χ1n) is 3.65. The van der Waals surface area contributed by atoms with Gasteiger partial charge in [0.1, 0.15) is 0 Å². The normalized spacial score (nSPS) is 12.4. The number of halogens is 1. The fourth-order valence-electron chi connectivity index (χ4n) is 0.559. The summed E-state index contributed by atoms with van der Waals surface area (Å²) in [5.41, 5.74) is 0. The number of hydrogen-bond acceptors (Lipinski definition) is 0. The zero-order chi connectivity index (χ0) is 7.82. The van der Waals surface area contributed by atoms with E-state index in [2.05, 4.69) is 54.1 Å². The van der Waals surface area contributed by atoms with Crippen molar-refractivity contribution in [2.24, 2.45) is 5.92 Å². The summed E-state index contributed by atoms with van der Waals surface area (Å²) < 4.78 is 0. The average Bonchev–Trinajstić information content (AvgIpc) is 1.87. The van der Waals surface area contributed by atoms with Gasteiger partial charge in [0.05, 0.1) is 0 Å². The van der Waals surface area contributed by atoms with E-state index >= 15 is 0 Å². The third-order valence-corrected chi connectivity index (χ3v) is 1.45. The minimum Gasteiger partial charge on any atom is -0.0883 e. The molecule has 0 radical (unpaired) electrons. The summed E-state index contributed by atoms with van der Waals surface area (Å²) in [6.45, 7) is 4.44. The van der Waals surface area contributed by atoms with Crippen LogP contribution in [-0.4, -0.2) is 5.33 Å². The lowest BCUT2D eigenvalue weighted by Crippen LogP contribution is -1.80. The van der Waals surface area contributed by atoms with Crippen molar-refractivity contribution in [1.29, 1.82) is 0 Å². The van der Waals surface area contributed by atoms with E-state index in [4.69, 9.17) is 0 Å². The molecule has 0 aromatic heterocycles. The first-order chi connectivity index (χ1) is 4.77. The summed E-state index contributed by atoms with van der Waals surface area (Å²) in [6, 6.07) is 0. The molecule has 0 spiro atoms. The minimum atomic E-state index is 0.772. The maximum absolute atomic E-state index is 3.31. The van der Waals surface area contributed by atoms with E-state index in [9.17, 15) is 0 Å². The predicted molar refractivity (Wildman–Crippen MR) is 51.5 cm³/mol. The van der Waals surface area contributed by atoms with E-state index in [-0.39, 0.29) is 0 Å². The molecule has 0 N–H and O–H groups in total. The highest BCUT2D eigenvalue weighted by molar-refractivity contribution is 9.09. The summed E-state index contributed by atoms with van der Waals surface area (Å²) >= 11 is 3.31. The van der Waals surface area contributed by atoms with E-state index in [0.717, 1.165) is 11.2 Å². The molecule has 0 fully saturated rings. The second kappa shape index (κ2) is 7.07. The molecular weight excluding hydrogens is 188 g/mol. The summed E-state index contributed by atoms with van der Waals surface area (Å²) in [7, 11) is 0. The standard InChI is InChI=1S/C9H15Br/c1-9(2)7-5-3-4-6-8-10/h3-6,9H,7-8H2,1-2H3/b5-3+,6-4+. The molecule has 0 aromatic rings. The molecule has 0 saturated carbocycles. The van der Waals surface area contributed by atoms with Crippen LogP contribution in [-0.2, 0) is 0 Å². The Morgan fingerprint density at radius 2 is 1.80 bits per heavy atom. The zero-order valence-corrected chi connectivity index (χ0v) is 8.26. The van der Waals surface area contributed by atoms with Gasteiger partial charge in [0, 0.05) is 5.33 Å². The molecule has 0 aliphatic heterocycles. The van der Waals surface area contributed by atoms with E-state index in [0.29, 0.717) is 0 Å². The summed E-state index contributed by atoms with van der Waals surface area (Å²) in [5.74, 6) is 0.772. The zero-order valence-electron chi connectivity index (χ0n) is 6.68. The van der Waals surface area contributed by atoms with Crippen LogP contribution in [0.25, 0.3) is 0 Å². The highest BCUT2D eigenvalue weighted by Crippen LogP contribution is 1.99. The molecule has 0 saturated heterocycles. The van der Waals surface area contributed by atoms with Crippen LogP contribution in [0.4, 0.5) is 0 Å². The maximum atomic E-state index is 3.31. The monoisotopic (exact) mass is 202 g/mol. The van der Waals surface area contributed by atoms with Gasteiger partial charge in [-0.3, -0.25) is 0 Å². The fourth-order valence-corrected chi connectivity index (χ4v) is 0.775. The van der Waals surface area contributed by atoms with Gasteiger partial charge < -0.3 is 0 Å². The molecule has 0 aliphatic rings. The van der Waals surface area contributed by atoms with Gasteiger partial charge in [0.2, 0.25) is 0 Å². The molecule has 0 aromatic carbocycles. The Morgan fingerprint density at radius 3 is 2.30 bits per heavy atom. The summed E-state index contributed by atoms with van der Waals surface area (Å²) in [5, 5.41) is 0.943. The van der Waals surface area contributed by atoms with Crippen molar-refractivity contribution in [3.05, 3.63) is 24.3 Å². The molecule has 10 heavy (non-hydrogen) atoms. The molecule has 0 aliphatic carbocycles. The third-order valence-electron chi connectivity index (χ3n) is 1.08. The number of alkyl halides is 1. The van der Waals surface area contributed by atoms with Gasteiger partial charge in [-0.15, -0.1) is 0 Å². The van der Waals surface area contributed by atoms with Crippen LogP contribution in [0, 0.1) is 5.92 Å². The quantitative estimate of drug-likeness (QED) is 0.484. The van der Waals surface area contributed by atoms with Crippen LogP contribution in [0.2, 0.25) is 0 Å². The Labute approximate surface area is 72.1 Å². The Morgan fingerprint density at radius 1 is 1.20 bits per heavy atom. The second-order valence-electron chi connectivity index (χ2n) is 2.64. The van der Waals surface area contributed by atoms with Crippen molar-refractivity contribution >= 4 is 15.9 Å². The fraction of sp³-hybridized carbons (Fsp3) is 0.556. The van der Waals surface area contributed by atoms with Gasteiger partial charge in [-0.25, -0.2) is 0 Å². The molecule has 0 bridgehead atoms. The molecule has 0 rings (SSSR count). The summed E-state index contributed by atoms with van der Waals surface area (Å²) in [4.78, 5) is 0. The SMILES string of the molecule is CC(C)C/C=C/C=C/CBr. The average molecular weight is 203 g/mol.